The molecule has 0 spiro atoms. The Labute approximate surface area is 96.9 Å². The Bertz CT molecular complexity index is 370. The van der Waals surface area contributed by atoms with E-state index in [1.807, 2.05) is 24.3 Å². The molecule has 0 saturated carbocycles. The Hall–Kier alpha value is -1.57. The summed E-state index contributed by atoms with van der Waals surface area (Å²) in [6, 6.07) is 7.55. The van der Waals surface area contributed by atoms with E-state index in [4.69, 9.17) is 4.74 Å². The first-order chi connectivity index (χ1) is 7.63. The molecule has 0 amide bonds. The summed E-state index contributed by atoms with van der Waals surface area (Å²) in [5.74, 6) is -0.253. The summed E-state index contributed by atoms with van der Waals surface area (Å²) >= 11 is 0. The van der Waals surface area contributed by atoms with Gasteiger partial charge in [0.05, 0.1) is 12.2 Å². The van der Waals surface area contributed by atoms with Crippen molar-refractivity contribution < 1.29 is 9.53 Å². The first-order valence-electron chi connectivity index (χ1n) is 5.53. The summed E-state index contributed by atoms with van der Waals surface area (Å²) in [4.78, 5) is 11.4. The van der Waals surface area contributed by atoms with E-state index in [2.05, 4.69) is 19.9 Å². The molecule has 0 bridgehead atoms. The zero-order valence-electron chi connectivity index (χ0n) is 10.1. The molecule has 0 heterocycles. The van der Waals surface area contributed by atoms with Crippen LogP contribution in [0.25, 0.3) is 0 Å². The van der Waals surface area contributed by atoms with Gasteiger partial charge in [0.2, 0.25) is 0 Å². The second kappa shape index (κ2) is 6.11. The maximum Gasteiger partial charge on any atom is 0.338 e. The number of carbonyl (C=O) groups is 1. The third kappa shape index (κ3) is 3.89. The van der Waals surface area contributed by atoms with E-state index in [1.54, 1.807) is 6.92 Å². The van der Waals surface area contributed by atoms with E-state index in [9.17, 15) is 4.79 Å². The molecule has 0 atom stereocenters. The first-order valence-corrected chi connectivity index (χ1v) is 5.53. The second-order valence-corrected chi connectivity index (χ2v) is 3.90. The van der Waals surface area contributed by atoms with Gasteiger partial charge in [-0.15, -0.1) is 0 Å². The van der Waals surface area contributed by atoms with Crippen LogP contribution in [0, 0.1) is 0 Å². The van der Waals surface area contributed by atoms with Gasteiger partial charge in [-0.3, -0.25) is 0 Å². The largest absolute Gasteiger partial charge is 0.462 e. The van der Waals surface area contributed by atoms with Crippen molar-refractivity contribution in [2.75, 3.05) is 6.61 Å². The predicted molar refractivity (Wildman–Crippen MR) is 65.5 cm³/mol. The van der Waals surface area contributed by atoms with E-state index in [1.165, 1.54) is 11.1 Å². The third-order valence-electron chi connectivity index (χ3n) is 2.21. The molecule has 1 rings (SSSR count). The number of rotatable bonds is 4. The minimum atomic E-state index is -0.253. The summed E-state index contributed by atoms with van der Waals surface area (Å²) < 4.78 is 4.92. The van der Waals surface area contributed by atoms with Crippen molar-refractivity contribution in [2.45, 2.75) is 27.2 Å². The van der Waals surface area contributed by atoms with Gasteiger partial charge in [0.1, 0.15) is 0 Å². The van der Waals surface area contributed by atoms with Gasteiger partial charge in [-0.1, -0.05) is 23.8 Å². The van der Waals surface area contributed by atoms with E-state index < -0.39 is 0 Å². The lowest BCUT2D eigenvalue weighted by molar-refractivity contribution is 0.0526. The van der Waals surface area contributed by atoms with E-state index in [0.29, 0.717) is 12.2 Å². The molecule has 0 radical (unpaired) electrons. The molecule has 0 aromatic heterocycles. The Morgan fingerprint density at radius 2 is 1.88 bits per heavy atom. The van der Waals surface area contributed by atoms with Gasteiger partial charge in [0, 0.05) is 0 Å². The van der Waals surface area contributed by atoms with E-state index >= 15 is 0 Å². The zero-order chi connectivity index (χ0) is 12.0. The van der Waals surface area contributed by atoms with Crippen molar-refractivity contribution in [1.29, 1.82) is 0 Å². The lowest BCUT2D eigenvalue weighted by Crippen LogP contribution is -2.04. The van der Waals surface area contributed by atoms with Gasteiger partial charge < -0.3 is 4.74 Å². The van der Waals surface area contributed by atoms with Gasteiger partial charge >= 0.3 is 5.97 Å². The summed E-state index contributed by atoms with van der Waals surface area (Å²) in [5, 5.41) is 0. The van der Waals surface area contributed by atoms with Crippen molar-refractivity contribution in [3.05, 3.63) is 47.0 Å². The van der Waals surface area contributed by atoms with Crippen LogP contribution in [0.5, 0.6) is 0 Å². The molecule has 16 heavy (non-hydrogen) atoms. The van der Waals surface area contributed by atoms with Crippen LogP contribution in [-0.4, -0.2) is 12.6 Å². The molecular formula is C14H18O2. The van der Waals surface area contributed by atoms with Crippen LogP contribution in [0.1, 0.15) is 36.7 Å². The Morgan fingerprint density at radius 3 is 2.38 bits per heavy atom. The van der Waals surface area contributed by atoms with Crippen molar-refractivity contribution in [3.63, 3.8) is 0 Å². The fourth-order valence-corrected chi connectivity index (χ4v) is 1.31. The molecule has 0 aliphatic heterocycles. The van der Waals surface area contributed by atoms with Gasteiger partial charge in [-0.05, 0) is 44.9 Å². The number of hydrogen-bond donors (Lipinski definition) is 0. The molecule has 0 aliphatic rings. The van der Waals surface area contributed by atoms with Crippen LogP contribution in [0.2, 0.25) is 0 Å². The summed E-state index contributed by atoms with van der Waals surface area (Å²) in [5.41, 5.74) is 3.12. The lowest BCUT2D eigenvalue weighted by Gasteiger charge is -2.02. The SMILES string of the molecule is CCOC(=O)c1ccc(CC=C(C)C)cc1. The van der Waals surface area contributed by atoms with Crippen molar-refractivity contribution in [2.24, 2.45) is 0 Å². The highest BCUT2D eigenvalue weighted by atomic mass is 16.5. The van der Waals surface area contributed by atoms with Gasteiger partial charge in [0.15, 0.2) is 0 Å². The number of ether oxygens (including phenoxy) is 1. The topological polar surface area (TPSA) is 26.3 Å². The summed E-state index contributed by atoms with van der Waals surface area (Å²) in [6.45, 7) is 6.37. The molecule has 0 aliphatic carbocycles. The highest BCUT2D eigenvalue weighted by molar-refractivity contribution is 5.89. The molecule has 86 valence electrons. The van der Waals surface area contributed by atoms with E-state index in [-0.39, 0.29) is 5.97 Å². The Morgan fingerprint density at radius 1 is 1.25 bits per heavy atom. The maximum atomic E-state index is 11.4. The molecule has 0 N–H and O–H groups in total. The number of carbonyl (C=O) groups excluding carboxylic acids is 1. The van der Waals surface area contributed by atoms with Crippen LogP contribution in [-0.2, 0) is 11.2 Å². The number of hydrogen-bond acceptors (Lipinski definition) is 2. The fourth-order valence-electron chi connectivity index (χ4n) is 1.31. The number of allylic oxidation sites excluding steroid dienone is 2. The average molecular weight is 218 g/mol. The van der Waals surface area contributed by atoms with Crippen molar-refractivity contribution in [1.82, 2.24) is 0 Å². The lowest BCUT2D eigenvalue weighted by atomic mass is 10.1. The zero-order valence-corrected chi connectivity index (χ0v) is 10.1. The standard InChI is InChI=1S/C14H18O2/c1-4-16-14(15)13-9-7-12(8-10-13)6-5-11(2)3/h5,7-10H,4,6H2,1-3H3. The highest BCUT2D eigenvalue weighted by Gasteiger charge is 2.04. The first kappa shape index (κ1) is 12.5. The molecule has 2 heteroatoms. The molecule has 0 unspecified atom stereocenters. The molecule has 0 fully saturated rings. The second-order valence-electron chi connectivity index (χ2n) is 3.90. The normalized spacial score (nSPS) is 9.69. The number of esters is 1. The average Bonchev–Trinajstić information content (AvgIpc) is 2.27. The van der Waals surface area contributed by atoms with Crippen LogP contribution < -0.4 is 0 Å². The van der Waals surface area contributed by atoms with Crippen LogP contribution >= 0.6 is 0 Å². The smallest absolute Gasteiger partial charge is 0.338 e. The molecule has 0 saturated heterocycles. The van der Waals surface area contributed by atoms with Crippen LogP contribution in [0.4, 0.5) is 0 Å². The molecular weight excluding hydrogens is 200 g/mol. The Kier molecular flexibility index (Phi) is 4.77. The highest BCUT2D eigenvalue weighted by Crippen LogP contribution is 2.08. The van der Waals surface area contributed by atoms with Gasteiger partial charge in [0.25, 0.3) is 0 Å². The third-order valence-corrected chi connectivity index (χ3v) is 2.21. The van der Waals surface area contributed by atoms with Crippen LogP contribution in [0.15, 0.2) is 35.9 Å². The van der Waals surface area contributed by atoms with Gasteiger partial charge in [-0.25, -0.2) is 4.79 Å². The van der Waals surface area contributed by atoms with Gasteiger partial charge in [-0.2, -0.15) is 0 Å². The summed E-state index contributed by atoms with van der Waals surface area (Å²) in [6.07, 6.45) is 3.07. The molecule has 1 aromatic rings. The quantitative estimate of drug-likeness (QED) is 0.572. The maximum absolute atomic E-state index is 11.4. The van der Waals surface area contributed by atoms with Crippen molar-refractivity contribution >= 4 is 5.97 Å². The predicted octanol–water partition coefficient (Wildman–Crippen LogP) is 3.37. The minimum Gasteiger partial charge on any atom is -0.462 e. The molecule has 1 aromatic carbocycles. The monoisotopic (exact) mass is 218 g/mol. The summed E-state index contributed by atoms with van der Waals surface area (Å²) in [7, 11) is 0. The number of benzene rings is 1. The Balaban J connectivity index is 2.68. The minimum absolute atomic E-state index is 0.253. The molecule has 2 nitrogen and oxygen atoms in total. The van der Waals surface area contributed by atoms with Crippen molar-refractivity contribution in [3.8, 4) is 0 Å². The fraction of sp³-hybridized carbons (Fsp3) is 0.357. The van der Waals surface area contributed by atoms with E-state index in [0.717, 1.165) is 6.42 Å². The van der Waals surface area contributed by atoms with Crippen LogP contribution in [0.3, 0.4) is 0 Å².